The minimum absolute atomic E-state index is 0.307. The van der Waals surface area contributed by atoms with Crippen LogP contribution in [0.1, 0.15) is 85.0 Å². The molecule has 0 aromatic heterocycles. The monoisotopic (exact) mass is 416 g/mol. The molecule has 0 heterocycles. The summed E-state index contributed by atoms with van der Waals surface area (Å²) in [5.41, 5.74) is 3.77. The van der Waals surface area contributed by atoms with E-state index in [0.29, 0.717) is 36.7 Å². The van der Waals surface area contributed by atoms with Crippen molar-refractivity contribution in [3.63, 3.8) is 0 Å². The number of aliphatic hydroxyl groups excluding tert-OH is 3. The van der Waals surface area contributed by atoms with Gasteiger partial charge in [0.25, 0.3) is 0 Å². The lowest BCUT2D eigenvalue weighted by molar-refractivity contribution is 0.0861. The van der Waals surface area contributed by atoms with Crippen LogP contribution in [0.15, 0.2) is 35.5 Å². The van der Waals surface area contributed by atoms with Gasteiger partial charge in [-0.25, -0.2) is 0 Å². The first-order valence-electron chi connectivity index (χ1n) is 12.3. The summed E-state index contributed by atoms with van der Waals surface area (Å²) in [7, 11) is 0. The number of aliphatic hydroxyl groups is 3. The molecule has 0 aliphatic heterocycles. The summed E-state index contributed by atoms with van der Waals surface area (Å²) in [6, 6.07) is 0. The van der Waals surface area contributed by atoms with Crippen LogP contribution in [-0.4, -0.2) is 34.1 Å². The first kappa shape index (κ1) is 23.8. The average molecular weight is 417 g/mol. The van der Waals surface area contributed by atoms with Crippen molar-refractivity contribution in [2.75, 3.05) is 6.61 Å². The summed E-state index contributed by atoms with van der Waals surface area (Å²) in [6.07, 6.45) is 14.4. The van der Waals surface area contributed by atoms with Gasteiger partial charge in [-0.3, -0.25) is 0 Å². The molecule has 3 aliphatic rings. The van der Waals surface area contributed by atoms with Gasteiger partial charge in [-0.1, -0.05) is 57.9 Å². The van der Waals surface area contributed by atoms with E-state index in [1.165, 1.54) is 44.9 Å². The summed E-state index contributed by atoms with van der Waals surface area (Å²) in [4.78, 5) is 0. The van der Waals surface area contributed by atoms with E-state index >= 15 is 0 Å². The van der Waals surface area contributed by atoms with Gasteiger partial charge in [0.1, 0.15) is 0 Å². The van der Waals surface area contributed by atoms with Crippen LogP contribution in [0.3, 0.4) is 0 Å². The summed E-state index contributed by atoms with van der Waals surface area (Å²) in [6.45, 7) is 11.5. The quantitative estimate of drug-likeness (QED) is 0.509. The summed E-state index contributed by atoms with van der Waals surface area (Å²) < 4.78 is 0. The largest absolute Gasteiger partial charge is 0.396 e. The highest BCUT2D eigenvalue weighted by Gasteiger charge is 2.50. The second-order valence-electron chi connectivity index (χ2n) is 10.9. The Labute approximate surface area is 184 Å². The Balaban J connectivity index is 1.69. The number of hydrogen-bond donors (Lipinski definition) is 3. The van der Waals surface area contributed by atoms with Crippen molar-refractivity contribution in [2.24, 2.45) is 29.1 Å². The molecule has 7 atom stereocenters. The fraction of sp³-hybridized carbons (Fsp3) is 0.778. The number of hydrogen-bond acceptors (Lipinski definition) is 3. The minimum Gasteiger partial charge on any atom is -0.396 e. The molecule has 3 fully saturated rings. The van der Waals surface area contributed by atoms with Gasteiger partial charge >= 0.3 is 0 Å². The van der Waals surface area contributed by atoms with Gasteiger partial charge in [0.05, 0.1) is 12.2 Å². The minimum atomic E-state index is -0.611. The Morgan fingerprint density at radius 3 is 2.67 bits per heavy atom. The number of fused-ring (bicyclic) bond motifs is 1. The highest BCUT2D eigenvalue weighted by atomic mass is 16.3. The van der Waals surface area contributed by atoms with Crippen LogP contribution in [0.4, 0.5) is 0 Å². The molecule has 0 aromatic carbocycles. The van der Waals surface area contributed by atoms with Gasteiger partial charge in [-0.05, 0) is 85.2 Å². The second kappa shape index (κ2) is 10.1. The standard InChI is InChI=1S/C27H44O3/c1-18(17-28)7-5-8-19(2)24-12-13-25-21(9-6-14-27(24,25)4)10-11-22-15-23(29)16-26(30)20(22)3/h10-11,18-19,23-26,28-30H,3,5-9,12-17H2,1-2,4H3/b21-10+,22-11+/t18?,19-,23+,24-,25+,26?,27-/m1/s1. The summed E-state index contributed by atoms with van der Waals surface area (Å²) in [5, 5.41) is 29.4. The lowest BCUT2D eigenvalue weighted by atomic mass is 9.60. The predicted octanol–water partition coefficient (Wildman–Crippen LogP) is 5.56. The summed E-state index contributed by atoms with van der Waals surface area (Å²) in [5.74, 6) is 2.62. The molecule has 3 nitrogen and oxygen atoms in total. The van der Waals surface area contributed by atoms with Crippen molar-refractivity contribution in [3.05, 3.63) is 35.5 Å². The molecule has 30 heavy (non-hydrogen) atoms. The van der Waals surface area contributed by atoms with Crippen molar-refractivity contribution in [2.45, 2.75) is 97.2 Å². The smallest absolute Gasteiger partial charge is 0.0811 e. The molecule has 0 bridgehead atoms. The van der Waals surface area contributed by atoms with Gasteiger partial charge in [0, 0.05) is 13.0 Å². The Morgan fingerprint density at radius 1 is 1.17 bits per heavy atom. The van der Waals surface area contributed by atoms with Crippen LogP contribution in [0.25, 0.3) is 0 Å². The molecule has 0 amide bonds. The molecule has 2 unspecified atom stereocenters. The topological polar surface area (TPSA) is 60.7 Å². The van der Waals surface area contributed by atoms with Crippen molar-refractivity contribution in [1.29, 1.82) is 0 Å². The molecule has 170 valence electrons. The van der Waals surface area contributed by atoms with Crippen molar-refractivity contribution >= 4 is 0 Å². The maximum Gasteiger partial charge on any atom is 0.0811 e. The maximum atomic E-state index is 10.1. The van der Waals surface area contributed by atoms with E-state index in [1.807, 2.05) is 0 Å². The van der Waals surface area contributed by atoms with Crippen LogP contribution in [0.5, 0.6) is 0 Å². The fourth-order valence-electron chi connectivity index (χ4n) is 6.76. The second-order valence-corrected chi connectivity index (χ2v) is 10.9. The zero-order valence-corrected chi connectivity index (χ0v) is 19.4. The molecule has 3 N–H and O–H groups in total. The van der Waals surface area contributed by atoms with Crippen molar-refractivity contribution < 1.29 is 15.3 Å². The first-order chi connectivity index (χ1) is 14.3. The Kier molecular flexibility index (Phi) is 8.03. The van der Waals surface area contributed by atoms with Crippen LogP contribution in [0.2, 0.25) is 0 Å². The first-order valence-corrected chi connectivity index (χ1v) is 12.3. The molecule has 3 rings (SSSR count). The van der Waals surface area contributed by atoms with Gasteiger partial charge < -0.3 is 15.3 Å². The highest BCUT2D eigenvalue weighted by Crippen LogP contribution is 2.59. The lowest BCUT2D eigenvalue weighted by Crippen LogP contribution is -2.36. The van der Waals surface area contributed by atoms with E-state index in [2.05, 4.69) is 39.5 Å². The van der Waals surface area contributed by atoms with E-state index in [1.54, 1.807) is 5.57 Å². The Morgan fingerprint density at radius 2 is 1.93 bits per heavy atom. The third-order valence-electron chi connectivity index (χ3n) is 8.66. The highest BCUT2D eigenvalue weighted by molar-refractivity contribution is 5.38. The third-order valence-corrected chi connectivity index (χ3v) is 8.66. The molecule has 3 saturated carbocycles. The average Bonchev–Trinajstić information content (AvgIpc) is 3.06. The van der Waals surface area contributed by atoms with E-state index in [-0.39, 0.29) is 0 Å². The van der Waals surface area contributed by atoms with Gasteiger partial charge in [-0.15, -0.1) is 0 Å². The van der Waals surface area contributed by atoms with Gasteiger partial charge in [0.2, 0.25) is 0 Å². The van der Waals surface area contributed by atoms with Crippen LogP contribution in [0, 0.1) is 29.1 Å². The molecule has 0 radical (unpaired) electrons. The molecule has 0 aromatic rings. The Bertz CT molecular complexity index is 663. The zero-order valence-electron chi connectivity index (χ0n) is 19.4. The lowest BCUT2D eigenvalue weighted by Gasteiger charge is -2.44. The normalized spacial score (nSPS) is 39.3. The molecule has 0 saturated heterocycles. The van der Waals surface area contributed by atoms with Crippen LogP contribution >= 0.6 is 0 Å². The SMILES string of the molecule is C=C1/C(=C/C=C2\CCC[C@]3(C)[C@@H]([C@H](C)CCCC(C)CO)CC[C@@H]23)C[C@H](O)CC1O. The number of rotatable bonds is 7. The van der Waals surface area contributed by atoms with Gasteiger partial charge in [-0.2, -0.15) is 0 Å². The molecular weight excluding hydrogens is 372 g/mol. The third kappa shape index (κ3) is 5.11. The van der Waals surface area contributed by atoms with E-state index < -0.39 is 12.2 Å². The van der Waals surface area contributed by atoms with E-state index in [0.717, 1.165) is 29.4 Å². The van der Waals surface area contributed by atoms with E-state index in [4.69, 9.17) is 0 Å². The summed E-state index contributed by atoms with van der Waals surface area (Å²) >= 11 is 0. The van der Waals surface area contributed by atoms with Gasteiger partial charge in [0.15, 0.2) is 0 Å². The van der Waals surface area contributed by atoms with Crippen molar-refractivity contribution in [3.8, 4) is 0 Å². The molecule has 3 aliphatic carbocycles. The fourth-order valence-corrected chi connectivity index (χ4v) is 6.76. The molecular formula is C27H44O3. The Hall–Kier alpha value is -0.900. The molecule has 0 spiro atoms. The number of allylic oxidation sites excluding steroid dienone is 3. The molecule has 3 heteroatoms. The van der Waals surface area contributed by atoms with E-state index in [9.17, 15) is 15.3 Å². The van der Waals surface area contributed by atoms with Crippen LogP contribution < -0.4 is 0 Å². The zero-order chi connectivity index (χ0) is 21.9. The van der Waals surface area contributed by atoms with Crippen LogP contribution in [-0.2, 0) is 0 Å². The predicted molar refractivity (Wildman–Crippen MR) is 124 cm³/mol. The maximum absolute atomic E-state index is 10.1. The van der Waals surface area contributed by atoms with Crippen molar-refractivity contribution in [1.82, 2.24) is 0 Å².